The second-order valence-corrected chi connectivity index (χ2v) is 3.80. The molecule has 0 saturated heterocycles. The van der Waals surface area contributed by atoms with Crippen LogP contribution in [-0.4, -0.2) is 24.1 Å². The lowest BCUT2D eigenvalue weighted by molar-refractivity contribution is 0.360. The Balaban J connectivity index is 2.41. The zero-order valence-electron chi connectivity index (χ0n) is 10.9. The van der Waals surface area contributed by atoms with E-state index < -0.39 is 5.82 Å². The van der Waals surface area contributed by atoms with Crippen molar-refractivity contribution in [2.45, 2.75) is 6.92 Å². The minimum atomic E-state index is -0.422. The monoisotopic (exact) mass is 263 g/mol. The maximum absolute atomic E-state index is 13.9. The molecule has 1 heterocycles. The van der Waals surface area contributed by atoms with Crippen LogP contribution in [0.25, 0.3) is 0 Å². The molecule has 6 heteroatoms. The van der Waals surface area contributed by atoms with E-state index in [0.717, 1.165) is 0 Å². The van der Waals surface area contributed by atoms with Crippen molar-refractivity contribution in [1.29, 1.82) is 0 Å². The molecule has 19 heavy (non-hydrogen) atoms. The highest BCUT2D eigenvalue weighted by Gasteiger charge is 2.15. The molecule has 0 aliphatic carbocycles. The lowest BCUT2D eigenvalue weighted by atomic mass is 10.2. The van der Waals surface area contributed by atoms with Gasteiger partial charge >= 0.3 is 0 Å². The molecule has 5 nitrogen and oxygen atoms in total. The third-order valence-corrected chi connectivity index (χ3v) is 2.58. The molecular weight excluding hydrogens is 249 g/mol. The molecule has 0 unspecified atom stereocenters. The van der Waals surface area contributed by atoms with Crippen LogP contribution in [0.15, 0.2) is 24.5 Å². The summed E-state index contributed by atoms with van der Waals surface area (Å²) < 4.78 is 24.5. The molecule has 0 radical (unpaired) electrons. The highest BCUT2D eigenvalue weighted by Crippen LogP contribution is 2.35. The molecule has 0 saturated carbocycles. The van der Waals surface area contributed by atoms with E-state index in [0.29, 0.717) is 17.1 Å². The predicted octanol–water partition coefficient (Wildman–Crippen LogP) is 2.77. The summed E-state index contributed by atoms with van der Waals surface area (Å²) in [6.07, 6.45) is 1.32. The normalized spacial score (nSPS) is 10.1. The van der Waals surface area contributed by atoms with E-state index in [1.54, 1.807) is 26.1 Å². The molecule has 1 aromatic heterocycles. The van der Waals surface area contributed by atoms with Gasteiger partial charge in [-0.1, -0.05) is 12.1 Å². The maximum Gasteiger partial charge on any atom is 0.268 e. The smallest absolute Gasteiger partial charge is 0.268 e. The van der Waals surface area contributed by atoms with Crippen LogP contribution >= 0.6 is 0 Å². The number of anilines is 1. The van der Waals surface area contributed by atoms with Crippen molar-refractivity contribution in [1.82, 2.24) is 9.97 Å². The number of methoxy groups -OCH3 is 1. The van der Waals surface area contributed by atoms with Crippen LogP contribution in [0.3, 0.4) is 0 Å². The Morgan fingerprint density at radius 3 is 2.74 bits per heavy atom. The first-order valence-corrected chi connectivity index (χ1v) is 5.67. The molecule has 0 atom stereocenters. The summed E-state index contributed by atoms with van der Waals surface area (Å²) in [6.45, 7) is 1.67. The lowest BCUT2D eigenvalue weighted by Gasteiger charge is -2.12. The van der Waals surface area contributed by atoms with Crippen molar-refractivity contribution in [2.24, 2.45) is 0 Å². The highest BCUT2D eigenvalue weighted by atomic mass is 19.1. The molecule has 0 spiro atoms. The van der Waals surface area contributed by atoms with E-state index >= 15 is 0 Å². The van der Waals surface area contributed by atoms with Gasteiger partial charge in [0.2, 0.25) is 5.75 Å². The molecule has 0 aliphatic rings. The molecule has 1 aromatic carbocycles. The summed E-state index contributed by atoms with van der Waals surface area (Å²) >= 11 is 0. The van der Waals surface area contributed by atoms with E-state index in [4.69, 9.17) is 9.47 Å². The van der Waals surface area contributed by atoms with Gasteiger partial charge in [-0.3, -0.25) is 0 Å². The fraction of sp³-hybridized carbons (Fsp3) is 0.231. The average Bonchev–Trinajstić information content (AvgIpc) is 2.43. The predicted molar refractivity (Wildman–Crippen MR) is 69.3 cm³/mol. The molecular formula is C13H14FN3O2. The van der Waals surface area contributed by atoms with Crippen LogP contribution in [0.2, 0.25) is 0 Å². The Morgan fingerprint density at radius 1 is 1.26 bits per heavy atom. The van der Waals surface area contributed by atoms with Crippen molar-refractivity contribution in [3.63, 3.8) is 0 Å². The number of nitrogens with zero attached hydrogens (tertiary/aromatic N) is 2. The van der Waals surface area contributed by atoms with Gasteiger partial charge in [-0.05, 0) is 18.6 Å². The first-order chi connectivity index (χ1) is 9.17. The fourth-order valence-corrected chi connectivity index (χ4v) is 1.60. The van der Waals surface area contributed by atoms with Gasteiger partial charge in [0.15, 0.2) is 17.4 Å². The SMILES string of the molecule is CNc1ncnc(Oc2cccc(C)c2F)c1OC. The maximum atomic E-state index is 13.9. The number of ether oxygens (including phenoxy) is 2. The quantitative estimate of drug-likeness (QED) is 0.919. The molecule has 2 aromatic rings. The van der Waals surface area contributed by atoms with Crippen molar-refractivity contribution in [3.05, 3.63) is 35.9 Å². The zero-order chi connectivity index (χ0) is 13.8. The summed E-state index contributed by atoms with van der Waals surface area (Å²) in [5.74, 6) is 0.631. The van der Waals surface area contributed by atoms with Crippen molar-refractivity contribution >= 4 is 5.82 Å². The lowest BCUT2D eigenvalue weighted by Crippen LogP contribution is -2.01. The fourth-order valence-electron chi connectivity index (χ4n) is 1.60. The van der Waals surface area contributed by atoms with Gasteiger partial charge in [0.05, 0.1) is 7.11 Å². The van der Waals surface area contributed by atoms with Crippen LogP contribution in [0, 0.1) is 12.7 Å². The number of aryl methyl sites for hydroxylation is 1. The minimum absolute atomic E-state index is 0.0963. The molecule has 100 valence electrons. The van der Waals surface area contributed by atoms with Gasteiger partial charge in [-0.2, -0.15) is 4.98 Å². The number of halogens is 1. The van der Waals surface area contributed by atoms with Gasteiger partial charge in [0.25, 0.3) is 5.88 Å². The van der Waals surface area contributed by atoms with Crippen LogP contribution in [0.1, 0.15) is 5.56 Å². The standard InChI is InChI=1S/C13H14FN3O2/c1-8-5-4-6-9(10(8)14)19-13-11(18-3)12(15-2)16-7-17-13/h4-7H,1-3H3,(H,15,16,17). The Labute approximate surface area is 110 Å². The zero-order valence-corrected chi connectivity index (χ0v) is 10.9. The third-order valence-electron chi connectivity index (χ3n) is 2.58. The van der Waals surface area contributed by atoms with Crippen LogP contribution in [0.5, 0.6) is 17.4 Å². The first kappa shape index (κ1) is 13.1. The number of aromatic nitrogens is 2. The Kier molecular flexibility index (Phi) is 3.79. The summed E-state index contributed by atoms with van der Waals surface area (Å²) in [4.78, 5) is 7.95. The average molecular weight is 263 g/mol. The highest BCUT2D eigenvalue weighted by molar-refractivity contribution is 5.55. The molecule has 0 amide bonds. The van der Waals surface area contributed by atoms with Gasteiger partial charge in [0, 0.05) is 7.05 Å². The minimum Gasteiger partial charge on any atom is -0.489 e. The van der Waals surface area contributed by atoms with Gasteiger partial charge < -0.3 is 14.8 Å². The van der Waals surface area contributed by atoms with Gasteiger partial charge in [-0.25, -0.2) is 9.37 Å². The van der Waals surface area contributed by atoms with E-state index in [1.165, 1.54) is 19.5 Å². The van der Waals surface area contributed by atoms with Crippen molar-refractivity contribution < 1.29 is 13.9 Å². The first-order valence-electron chi connectivity index (χ1n) is 5.67. The number of nitrogens with one attached hydrogen (secondary N) is 1. The Hall–Kier alpha value is -2.37. The van der Waals surface area contributed by atoms with Crippen LogP contribution in [-0.2, 0) is 0 Å². The topological polar surface area (TPSA) is 56.3 Å². The van der Waals surface area contributed by atoms with Crippen molar-refractivity contribution in [3.8, 4) is 17.4 Å². The van der Waals surface area contributed by atoms with Crippen molar-refractivity contribution in [2.75, 3.05) is 19.5 Å². The molecule has 0 fully saturated rings. The summed E-state index contributed by atoms with van der Waals surface area (Å²) in [5, 5.41) is 2.85. The number of rotatable bonds is 4. The molecule has 0 aliphatic heterocycles. The van der Waals surface area contributed by atoms with Gasteiger partial charge in [0.1, 0.15) is 6.33 Å². The number of hydrogen-bond acceptors (Lipinski definition) is 5. The van der Waals surface area contributed by atoms with E-state index in [1.807, 2.05) is 0 Å². The largest absolute Gasteiger partial charge is 0.489 e. The number of benzene rings is 1. The van der Waals surface area contributed by atoms with Gasteiger partial charge in [-0.15, -0.1) is 0 Å². The molecule has 0 bridgehead atoms. The summed E-state index contributed by atoms with van der Waals surface area (Å²) in [7, 11) is 3.17. The summed E-state index contributed by atoms with van der Waals surface area (Å²) in [5.41, 5.74) is 0.499. The third kappa shape index (κ3) is 2.57. The van der Waals surface area contributed by atoms with E-state index in [2.05, 4.69) is 15.3 Å². The van der Waals surface area contributed by atoms with E-state index in [9.17, 15) is 4.39 Å². The van der Waals surface area contributed by atoms with Crippen LogP contribution < -0.4 is 14.8 Å². The second kappa shape index (κ2) is 5.51. The molecule has 2 rings (SSSR count). The Morgan fingerprint density at radius 2 is 2.05 bits per heavy atom. The summed E-state index contributed by atoms with van der Waals surface area (Å²) in [6, 6.07) is 4.90. The molecule has 1 N–H and O–H groups in total. The van der Waals surface area contributed by atoms with E-state index in [-0.39, 0.29) is 11.6 Å². The Bertz CT molecular complexity index is 590. The van der Waals surface area contributed by atoms with Crippen LogP contribution in [0.4, 0.5) is 10.2 Å². The number of hydrogen-bond donors (Lipinski definition) is 1. The second-order valence-electron chi connectivity index (χ2n) is 3.80.